The van der Waals surface area contributed by atoms with E-state index in [9.17, 15) is 9.59 Å². The highest BCUT2D eigenvalue weighted by Gasteiger charge is 2.34. The molecule has 8 heteroatoms. The topological polar surface area (TPSA) is 68.3 Å². The zero-order valence-electron chi connectivity index (χ0n) is 21.4. The minimum Gasteiger partial charge on any atom is -0.491 e. The normalized spacial score (nSPS) is 16.7. The number of nitrogens with zero attached hydrogens (tertiary/aromatic N) is 2. The Morgan fingerprint density at radius 2 is 1.97 bits per heavy atom. The Hall–Kier alpha value is -3.52. The van der Waals surface area contributed by atoms with Crippen molar-refractivity contribution < 1.29 is 23.8 Å². The predicted octanol–water partition coefficient (Wildman–Crippen LogP) is 5.23. The Kier molecular flexibility index (Phi) is 7.37. The van der Waals surface area contributed by atoms with Gasteiger partial charge in [-0.25, -0.2) is 0 Å². The summed E-state index contributed by atoms with van der Waals surface area (Å²) in [5, 5.41) is 2.08. The van der Waals surface area contributed by atoms with Crippen molar-refractivity contribution in [2.24, 2.45) is 0 Å². The summed E-state index contributed by atoms with van der Waals surface area (Å²) in [7, 11) is 0. The summed E-state index contributed by atoms with van der Waals surface area (Å²) >= 11 is 1.72. The van der Waals surface area contributed by atoms with Crippen LogP contribution in [0.1, 0.15) is 52.7 Å². The minimum atomic E-state index is -0.207. The van der Waals surface area contributed by atoms with Crippen molar-refractivity contribution in [1.82, 2.24) is 9.80 Å². The van der Waals surface area contributed by atoms with Crippen LogP contribution in [0, 0.1) is 6.92 Å². The van der Waals surface area contributed by atoms with Crippen molar-refractivity contribution in [3.63, 3.8) is 0 Å². The van der Waals surface area contributed by atoms with Crippen molar-refractivity contribution >= 4 is 23.2 Å². The third kappa shape index (κ3) is 5.16. The van der Waals surface area contributed by atoms with Crippen molar-refractivity contribution in [2.75, 3.05) is 26.5 Å². The van der Waals surface area contributed by atoms with E-state index in [2.05, 4.69) is 11.4 Å². The third-order valence-electron chi connectivity index (χ3n) is 7.21. The van der Waals surface area contributed by atoms with Crippen LogP contribution in [-0.4, -0.2) is 54.1 Å². The fourth-order valence-electron chi connectivity index (χ4n) is 4.84. The molecule has 2 aliphatic rings. The molecule has 0 aliphatic carbocycles. The van der Waals surface area contributed by atoms with Gasteiger partial charge in [-0.3, -0.25) is 9.59 Å². The molecule has 7 nitrogen and oxygen atoms in total. The zero-order valence-corrected chi connectivity index (χ0v) is 22.3. The molecule has 0 fully saturated rings. The van der Waals surface area contributed by atoms with Crippen LogP contribution in [-0.2, 0) is 11.2 Å². The second kappa shape index (κ2) is 10.8. The SMILES string of the molecule is CC[C@@H](C)N(CC(=O)N1CCc2sccc2[C@H]1COc1ccccc1C)C(=O)c1ccc2c(c1)OCO2. The third-order valence-corrected chi connectivity index (χ3v) is 8.21. The fourth-order valence-corrected chi connectivity index (χ4v) is 5.77. The van der Waals surface area contributed by atoms with E-state index in [4.69, 9.17) is 14.2 Å². The number of carbonyl (C=O) groups is 2. The molecule has 0 saturated carbocycles. The molecule has 3 heterocycles. The van der Waals surface area contributed by atoms with Crippen molar-refractivity contribution in [3.8, 4) is 17.2 Å². The number of hydrogen-bond donors (Lipinski definition) is 0. The summed E-state index contributed by atoms with van der Waals surface area (Å²) in [6.45, 7) is 7.12. The lowest BCUT2D eigenvalue weighted by Crippen LogP contribution is -2.49. The van der Waals surface area contributed by atoms with E-state index < -0.39 is 0 Å². The first-order valence-electron chi connectivity index (χ1n) is 12.7. The van der Waals surface area contributed by atoms with Crippen LogP contribution in [0.5, 0.6) is 17.2 Å². The molecule has 2 atom stereocenters. The van der Waals surface area contributed by atoms with E-state index in [1.165, 1.54) is 4.88 Å². The molecule has 2 aliphatic heterocycles. The van der Waals surface area contributed by atoms with Crippen molar-refractivity contribution in [2.45, 2.75) is 45.7 Å². The molecule has 0 bridgehead atoms. The van der Waals surface area contributed by atoms with Crippen LogP contribution in [0.25, 0.3) is 0 Å². The summed E-state index contributed by atoms with van der Waals surface area (Å²) < 4.78 is 17.1. The van der Waals surface area contributed by atoms with Crippen molar-refractivity contribution in [3.05, 3.63) is 75.5 Å². The summed E-state index contributed by atoms with van der Waals surface area (Å²) in [6.07, 6.45) is 1.54. The Bertz CT molecular complexity index is 1290. The first kappa shape index (κ1) is 25.1. The molecule has 0 unspecified atom stereocenters. The van der Waals surface area contributed by atoms with Gasteiger partial charge >= 0.3 is 0 Å². The number of ether oxygens (including phenoxy) is 3. The fraction of sp³-hybridized carbons (Fsp3) is 0.379. The first-order chi connectivity index (χ1) is 18.0. The standard InChI is InChI=1S/C29H32N2O5S/c1-4-20(3)31(29(33)21-9-10-25-26(15-21)36-18-35-25)16-28(32)30-13-11-27-22(12-14-37-27)23(30)17-34-24-8-6-5-7-19(24)2/h5-10,12,14-15,20,23H,4,11,13,16-18H2,1-3H3/t20-,23-/m1/s1. The number of aryl methyl sites for hydroxylation is 1. The molecule has 1 aromatic heterocycles. The Balaban J connectivity index is 1.36. The van der Waals surface area contributed by atoms with Gasteiger partial charge in [0.15, 0.2) is 11.5 Å². The quantitative estimate of drug-likeness (QED) is 0.407. The maximum Gasteiger partial charge on any atom is 0.254 e. The molecule has 3 aromatic rings. The van der Waals surface area contributed by atoms with Crippen LogP contribution in [0.3, 0.4) is 0 Å². The average Bonchev–Trinajstić information content (AvgIpc) is 3.59. The molecule has 5 rings (SSSR count). The molecule has 194 valence electrons. The summed E-state index contributed by atoms with van der Waals surface area (Å²) in [5.41, 5.74) is 2.67. The Labute approximate surface area is 221 Å². The second-order valence-corrected chi connectivity index (χ2v) is 10.5. The number of thiophene rings is 1. The summed E-state index contributed by atoms with van der Waals surface area (Å²) in [6, 6.07) is 14.9. The van der Waals surface area contributed by atoms with Crippen LogP contribution in [0.2, 0.25) is 0 Å². The molecule has 0 spiro atoms. The summed E-state index contributed by atoms with van der Waals surface area (Å²) in [4.78, 5) is 32.2. The van der Waals surface area contributed by atoms with Crippen molar-refractivity contribution in [1.29, 1.82) is 0 Å². The van der Waals surface area contributed by atoms with E-state index in [1.54, 1.807) is 34.4 Å². The smallest absolute Gasteiger partial charge is 0.254 e. The highest BCUT2D eigenvalue weighted by atomic mass is 32.1. The molecule has 2 amide bonds. The number of rotatable bonds is 8. The average molecular weight is 521 g/mol. The van der Waals surface area contributed by atoms with Gasteiger partial charge in [-0.2, -0.15) is 0 Å². The maximum atomic E-state index is 13.8. The van der Waals surface area contributed by atoms with Crippen LogP contribution in [0.4, 0.5) is 0 Å². The number of para-hydroxylation sites is 1. The van der Waals surface area contributed by atoms with E-state index in [0.717, 1.165) is 29.7 Å². The monoisotopic (exact) mass is 520 g/mol. The van der Waals surface area contributed by atoms with E-state index in [-0.39, 0.29) is 37.2 Å². The predicted molar refractivity (Wildman–Crippen MR) is 143 cm³/mol. The molecular weight excluding hydrogens is 488 g/mol. The van der Waals surface area contributed by atoms with Crippen LogP contribution >= 0.6 is 11.3 Å². The largest absolute Gasteiger partial charge is 0.491 e. The van der Waals surface area contributed by atoms with E-state index >= 15 is 0 Å². The summed E-state index contributed by atoms with van der Waals surface area (Å²) in [5.74, 6) is 1.72. The minimum absolute atomic E-state index is 0.00260. The number of benzene rings is 2. The molecule has 0 saturated heterocycles. The van der Waals surface area contributed by atoms with E-state index in [1.807, 2.05) is 49.9 Å². The lowest BCUT2D eigenvalue weighted by atomic mass is 10.00. The van der Waals surface area contributed by atoms with E-state index in [0.29, 0.717) is 30.2 Å². The molecule has 2 aromatic carbocycles. The lowest BCUT2D eigenvalue weighted by Gasteiger charge is -2.38. The van der Waals surface area contributed by atoms with Gasteiger partial charge in [-0.05, 0) is 73.5 Å². The maximum absolute atomic E-state index is 13.8. The van der Waals surface area contributed by atoms with Crippen LogP contribution in [0.15, 0.2) is 53.9 Å². The number of hydrogen-bond acceptors (Lipinski definition) is 6. The number of fused-ring (bicyclic) bond motifs is 2. The number of carbonyl (C=O) groups excluding carboxylic acids is 2. The zero-order chi connectivity index (χ0) is 25.9. The molecule has 0 N–H and O–H groups in total. The Morgan fingerprint density at radius 1 is 1.16 bits per heavy atom. The van der Waals surface area contributed by atoms with Gasteiger partial charge in [0.05, 0.1) is 6.04 Å². The van der Waals surface area contributed by atoms with Gasteiger partial charge < -0.3 is 24.0 Å². The van der Waals surface area contributed by atoms with Gasteiger partial charge in [-0.1, -0.05) is 25.1 Å². The van der Waals surface area contributed by atoms with Gasteiger partial charge in [0.25, 0.3) is 5.91 Å². The molecular formula is C29H32N2O5S. The van der Waals surface area contributed by atoms with Gasteiger partial charge in [0.1, 0.15) is 18.9 Å². The van der Waals surface area contributed by atoms with Gasteiger partial charge in [0.2, 0.25) is 12.7 Å². The lowest BCUT2D eigenvalue weighted by molar-refractivity contribution is -0.136. The Morgan fingerprint density at radius 3 is 2.78 bits per heavy atom. The molecule has 0 radical (unpaired) electrons. The second-order valence-electron chi connectivity index (χ2n) is 9.49. The number of amides is 2. The highest BCUT2D eigenvalue weighted by molar-refractivity contribution is 7.10. The van der Waals surface area contributed by atoms with Gasteiger partial charge in [0, 0.05) is 23.0 Å². The first-order valence-corrected chi connectivity index (χ1v) is 13.6. The van der Waals surface area contributed by atoms with Crippen LogP contribution < -0.4 is 14.2 Å². The van der Waals surface area contributed by atoms with Gasteiger partial charge in [-0.15, -0.1) is 11.3 Å². The molecule has 37 heavy (non-hydrogen) atoms. The highest BCUT2D eigenvalue weighted by Crippen LogP contribution is 2.35.